The number of rotatable bonds is 3. The van der Waals surface area contributed by atoms with Crippen molar-refractivity contribution < 1.29 is 33.0 Å². The Kier molecular flexibility index (Phi) is 7.88. The second-order valence-electron chi connectivity index (χ2n) is 3.99. The third kappa shape index (κ3) is 6.76. The fourth-order valence-electron chi connectivity index (χ4n) is 1.37. The third-order valence-corrected chi connectivity index (χ3v) is 3.01. The van der Waals surface area contributed by atoms with Gasteiger partial charge in [0.1, 0.15) is 6.04 Å². The molecule has 1 rings (SSSR count). The number of carboxylic acid groups (broad SMARTS) is 2. The number of alkyl halides is 3. The summed E-state index contributed by atoms with van der Waals surface area (Å²) in [6.07, 6.45) is -4.32. The van der Waals surface area contributed by atoms with Gasteiger partial charge in [0.2, 0.25) is 0 Å². The highest BCUT2D eigenvalue weighted by Crippen LogP contribution is 2.27. The highest BCUT2D eigenvalue weighted by atomic mass is 79.9. The van der Waals surface area contributed by atoms with Crippen LogP contribution in [-0.4, -0.2) is 48.0 Å². The van der Waals surface area contributed by atoms with Gasteiger partial charge in [0.25, 0.3) is 0 Å². The Balaban J connectivity index is 0.000000626. The molecule has 0 amide bonds. The first-order valence-electron chi connectivity index (χ1n) is 5.72. The molecule has 6 nitrogen and oxygen atoms in total. The van der Waals surface area contributed by atoms with Crippen LogP contribution in [0, 0.1) is 0 Å². The van der Waals surface area contributed by atoms with Gasteiger partial charge in [-0.25, -0.2) is 9.59 Å². The van der Waals surface area contributed by atoms with Gasteiger partial charge >= 0.3 is 18.1 Å². The molecule has 1 atom stereocenters. The topological polar surface area (TPSA) is 104 Å². The monoisotopic (exact) mass is 386 g/mol. The maximum atomic E-state index is 12.6. The Bertz CT molecular complexity index is 496. The van der Waals surface area contributed by atoms with Gasteiger partial charge < -0.3 is 20.8 Å². The lowest BCUT2D eigenvalue weighted by Gasteiger charge is -2.30. The maximum absolute atomic E-state index is 12.6. The average Bonchev–Trinajstić information content (AvgIpc) is 2.39. The molecule has 1 aromatic carbocycles. The van der Waals surface area contributed by atoms with Gasteiger partial charge in [-0.3, -0.25) is 0 Å². The lowest BCUT2D eigenvalue weighted by atomic mass is 10.2. The van der Waals surface area contributed by atoms with Crippen LogP contribution in [0.1, 0.15) is 0 Å². The van der Waals surface area contributed by atoms with E-state index >= 15 is 0 Å². The minimum atomic E-state index is -4.32. The molecule has 4 N–H and O–H groups in total. The molecule has 0 heterocycles. The van der Waals surface area contributed by atoms with E-state index in [2.05, 4.69) is 15.9 Å². The molecule has 0 aliphatic rings. The van der Waals surface area contributed by atoms with Crippen molar-refractivity contribution in [2.45, 2.75) is 12.2 Å². The highest BCUT2D eigenvalue weighted by molar-refractivity contribution is 9.10. The molecule has 0 aliphatic heterocycles. The van der Waals surface area contributed by atoms with Crippen molar-refractivity contribution in [3.05, 3.63) is 28.7 Å². The Morgan fingerprint density at radius 1 is 1.23 bits per heavy atom. The molecule has 10 heteroatoms. The van der Waals surface area contributed by atoms with E-state index in [0.717, 1.165) is 9.37 Å². The summed E-state index contributed by atoms with van der Waals surface area (Å²) in [5.74, 6) is -3.65. The summed E-state index contributed by atoms with van der Waals surface area (Å²) in [5, 5.41) is 14.8. The van der Waals surface area contributed by atoms with Crippen LogP contribution in [0.2, 0.25) is 0 Å². The van der Waals surface area contributed by atoms with Gasteiger partial charge in [-0.15, -0.1) is 0 Å². The minimum absolute atomic E-state index is 0.462. The summed E-state index contributed by atoms with van der Waals surface area (Å²) in [6, 6.07) is 4.94. The van der Waals surface area contributed by atoms with Crippen LogP contribution in [0.25, 0.3) is 0 Å². The molecular weight excluding hydrogens is 373 g/mol. The summed E-state index contributed by atoms with van der Waals surface area (Å²) >= 11 is 3.22. The van der Waals surface area contributed by atoms with Crippen LogP contribution < -0.4 is 10.6 Å². The quantitative estimate of drug-likeness (QED) is 0.685. The molecule has 0 bridgehead atoms. The summed E-state index contributed by atoms with van der Waals surface area (Å²) in [4.78, 5) is 19.3. The number of hydrogen-bond acceptors (Lipinski definition) is 4. The number of nitrogens with two attached hydrogens (primary N) is 1. The number of anilines is 1. The number of benzene rings is 1. The molecule has 0 spiro atoms. The maximum Gasteiger partial charge on any atom is 0.414 e. The molecule has 0 aromatic heterocycles. The fraction of sp³-hybridized carbons (Fsp3) is 0.333. The molecular formula is C12H14BrF3N2O4. The molecule has 0 aliphatic carbocycles. The van der Waals surface area contributed by atoms with Crippen molar-refractivity contribution in [1.82, 2.24) is 0 Å². The smallest absolute Gasteiger partial charge is 0.414 e. The number of hydrogen-bond donors (Lipinski definition) is 3. The number of nitrogens with zero attached hydrogens (tertiary/aromatic N) is 1. The summed E-state index contributed by atoms with van der Waals surface area (Å²) < 4.78 is 38.6. The van der Waals surface area contributed by atoms with Crippen molar-refractivity contribution in [1.29, 1.82) is 0 Å². The zero-order valence-corrected chi connectivity index (χ0v) is 12.9. The molecule has 1 unspecified atom stereocenters. The number of halogens is 4. The SMILES string of the molecule is CN(c1ccc(Br)cc1)C(CN)C(F)(F)F.O=C(O)C(=O)O. The Morgan fingerprint density at radius 2 is 1.64 bits per heavy atom. The molecule has 0 saturated carbocycles. The molecule has 0 radical (unpaired) electrons. The van der Waals surface area contributed by atoms with E-state index < -0.39 is 30.7 Å². The predicted molar refractivity (Wildman–Crippen MR) is 76.7 cm³/mol. The number of carbonyl (C=O) groups is 2. The normalized spacial score (nSPS) is 11.9. The second kappa shape index (κ2) is 8.59. The Hall–Kier alpha value is -1.81. The molecule has 1 aromatic rings. The first-order valence-corrected chi connectivity index (χ1v) is 6.51. The van der Waals surface area contributed by atoms with Gasteiger partial charge in [-0.2, -0.15) is 13.2 Å². The molecule has 0 fully saturated rings. The van der Waals surface area contributed by atoms with Crippen LogP contribution in [0.3, 0.4) is 0 Å². The average molecular weight is 387 g/mol. The third-order valence-electron chi connectivity index (χ3n) is 2.49. The largest absolute Gasteiger partial charge is 0.473 e. The van der Waals surface area contributed by atoms with E-state index in [0.29, 0.717) is 5.69 Å². The molecule has 0 saturated heterocycles. The number of likely N-dealkylation sites (N-methyl/N-ethyl adjacent to an activating group) is 1. The van der Waals surface area contributed by atoms with E-state index in [4.69, 9.17) is 25.5 Å². The van der Waals surface area contributed by atoms with Crippen molar-refractivity contribution in [3.8, 4) is 0 Å². The number of carboxylic acids is 2. The number of aliphatic carboxylic acids is 2. The predicted octanol–water partition coefficient (Wildman–Crippen LogP) is 1.93. The van der Waals surface area contributed by atoms with E-state index in [-0.39, 0.29) is 0 Å². The van der Waals surface area contributed by atoms with Gasteiger partial charge in [-0.1, -0.05) is 15.9 Å². The van der Waals surface area contributed by atoms with Gasteiger partial charge in [0.15, 0.2) is 0 Å². The van der Waals surface area contributed by atoms with Crippen molar-refractivity contribution in [2.24, 2.45) is 5.73 Å². The molecule has 22 heavy (non-hydrogen) atoms. The molecule has 124 valence electrons. The van der Waals surface area contributed by atoms with Crippen LogP contribution in [-0.2, 0) is 9.59 Å². The standard InChI is InChI=1S/C10H12BrF3N2.C2H2O4/c1-16(9(6-15)10(12,13)14)8-4-2-7(11)3-5-8;3-1(4)2(5)6/h2-5,9H,6,15H2,1H3;(H,3,4)(H,5,6). The zero-order valence-electron chi connectivity index (χ0n) is 11.3. The summed E-state index contributed by atoms with van der Waals surface area (Å²) in [7, 11) is 1.38. The highest BCUT2D eigenvalue weighted by Gasteiger charge is 2.41. The lowest BCUT2D eigenvalue weighted by Crippen LogP contribution is -2.48. The zero-order chi connectivity index (χ0) is 17.5. The van der Waals surface area contributed by atoms with Crippen molar-refractivity contribution >= 4 is 33.6 Å². The van der Waals surface area contributed by atoms with E-state index in [1.165, 1.54) is 7.05 Å². The van der Waals surface area contributed by atoms with Crippen LogP contribution in [0.5, 0.6) is 0 Å². The van der Waals surface area contributed by atoms with Crippen molar-refractivity contribution in [3.63, 3.8) is 0 Å². The Morgan fingerprint density at radius 3 is 1.91 bits per heavy atom. The summed E-state index contributed by atoms with van der Waals surface area (Å²) in [5.41, 5.74) is 5.64. The van der Waals surface area contributed by atoms with Crippen LogP contribution in [0.4, 0.5) is 18.9 Å². The second-order valence-corrected chi connectivity index (χ2v) is 4.91. The van der Waals surface area contributed by atoms with Crippen LogP contribution >= 0.6 is 15.9 Å². The Labute approximate surface area is 132 Å². The van der Waals surface area contributed by atoms with E-state index in [9.17, 15) is 13.2 Å². The first-order chi connectivity index (χ1) is 10.0. The lowest BCUT2D eigenvalue weighted by molar-refractivity contribution is -0.159. The fourth-order valence-corrected chi connectivity index (χ4v) is 1.63. The summed E-state index contributed by atoms with van der Waals surface area (Å²) in [6.45, 7) is -0.462. The van der Waals surface area contributed by atoms with Crippen LogP contribution in [0.15, 0.2) is 28.7 Å². The first kappa shape index (κ1) is 20.2. The van der Waals surface area contributed by atoms with Crippen molar-refractivity contribution in [2.75, 3.05) is 18.5 Å². The van der Waals surface area contributed by atoms with Gasteiger partial charge in [0, 0.05) is 23.8 Å². The van der Waals surface area contributed by atoms with E-state index in [1.54, 1.807) is 24.3 Å². The van der Waals surface area contributed by atoms with E-state index in [1.807, 2.05) is 0 Å². The van der Waals surface area contributed by atoms with Gasteiger partial charge in [-0.05, 0) is 24.3 Å². The minimum Gasteiger partial charge on any atom is -0.473 e. The van der Waals surface area contributed by atoms with Gasteiger partial charge in [0.05, 0.1) is 0 Å².